The van der Waals surface area contributed by atoms with E-state index in [1.165, 1.54) is 23.1 Å². The van der Waals surface area contributed by atoms with Crippen LogP contribution in [-0.4, -0.2) is 39.5 Å². The summed E-state index contributed by atoms with van der Waals surface area (Å²) in [5.41, 5.74) is 0.595. The number of aromatic amines is 1. The Labute approximate surface area is 131 Å². The van der Waals surface area contributed by atoms with E-state index < -0.39 is 24.2 Å². The van der Waals surface area contributed by atoms with Crippen LogP contribution in [0.2, 0.25) is 5.02 Å². The maximum atomic E-state index is 13.3. The molecule has 0 fully saturated rings. The van der Waals surface area contributed by atoms with Crippen LogP contribution in [0.5, 0.6) is 0 Å². The zero-order valence-electron chi connectivity index (χ0n) is 12.2. The van der Waals surface area contributed by atoms with E-state index in [-0.39, 0.29) is 16.8 Å². The molecule has 22 heavy (non-hydrogen) atoms. The van der Waals surface area contributed by atoms with Crippen molar-refractivity contribution < 1.29 is 19.1 Å². The number of fused-ring (bicyclic) bond motifs is 1. The van der Waals surface area contributed by atoms with Gasteiger partial charge in [-0.05, 0) is 31.5 Å². The molecule has 0 radical (unpaired) electrons. The lowest BCUT2D eigenvalue weighted by atomic mass is 10.2. The number of aromatic nitrogens is 1. The van der Waals surface area contributed by atoms with Crippen molar-refractivity contribution in [2.75, 3.05) is 6.54 Å². The summed E-state index contributed by atoms with van der Waals surface area (Å²) in [4.78, 5) is 27.7. The lowest BCUT2D eigenvalue weighted by Crippen LogP contribution is -2.42. The Morgan fingerprint density at radius 1 is 1.45 bits per heavy atom. The SMILES string of the molecule is CCC(C)N(CC(=O)O)C(=O)c1[nH]c2ccc(F)cc2c1Cl. The highest BCUT2D eigenvalue weighted by atomic mass is 35.5. The highest BCUT2D eigenvalue weighted by Gasteiger charge is 2.26. The second-order valence-corrected chi connectivity index (χ2v) is 5.47. The van der Waals surface area contributed by atoms with Gasteiger partial charge >= 0.3 is 5.97 Å². The molecule has 5 nitrogen and oxygen atoms in total. The van der Waals surface area contributed by atoms with Gasteiger partial charge < -0.3 is 15.0 Å². The van der Waals surface area contributed by atoms with Gasteiger partial charge in [0.25, 0.3) is 5.91 Å². The van der Waals surface area contributed by atoms with Crippen molar-refractivity contribution in [3.63, 3.8) is 0 Å². The number of amides is 1. The van der Waals surface area contributed by atoms with Gasteiger partial charge in [-0.1, -0.05) is 18.5 Å². The number of carboxylic acid groups (broad SMARTS) is 1. The molecule has 1 amide bonds. The minimum Gasteiger partial charge on any atom is -0.480 e. The number of nitrogens with zero attached hydrogens (tertiary/aromatic N) is 1. The molecule has 2 rings (SSSR count). The smallest absolute Gasteiger partial charge is 0.323 e. The van der Waals surface area contributed by atoms with Gasteiger partial charge in [0.1, 0.15) is 18.1 Å². The highest BCUT2D eigenvalue weighted by Crippen LogP contribution is 2.29. The second-order valence-electron chi connectivity index (χ2n) is 5.09. The lowest BCUT2D eigenvalue weighted by Gasteiger charge is -2.26. The molecule has 0 aliphatic carbocycles. The summed E-state index contributed by atoms with van der Waals surface area (Å²) in [6.07, 6.45) is 0.603. The molecule has 1 aromatic heterocycles. The first-order chi connectivity index (χ1) is 10.3. The van der Waals surface area contributed by atoms with E-state index >= 15 is 0 Å². The van der Waals surface area contributed by atoms with E-state index in [1.807, 2.05) is 6.92 Å². The Bertz CT molecular complexity index is 729. The van der Waals surface area contributed by atoms with Crippen molar-refractivity contribution in [1.29, 1.82) is 0 Å². The molecule has 1 unspecified atom stereocenters. The molecule has 1 aromatic carbocycles. The Balaban J connectivity index is 2.46. The van der Waals surface area contributed by atoms with Crippen LogP contribution in [0.4, 0.5) is 4.39 Å². The number of hydrogen-bond donors (Lipinski definition) is 2. The van der Waals surface area contributed by atoms with Crippen LogP contribution in [-0.2, 0) is 4.79 Å². The van der Waals surface area contributed by atoms with Gasteiger partial charge in [0.15, 0.2) is 0 Å². The van der Waals surface area contributed by atoms with E-state index in [2.05, 4.69) is 4.98 Å². The van der Waals surface area contributed by atoms with Gasteiger partial charge in [-0.2, -0.15) is 0 Å². The molecule has 0 bridgehead atoms. The molecular weight excluding hydrogens is 311 g/mol. The molecule has 0 saturated carbocycles. The minimum atomic E-state index is -1.10. The molecule has 2 aromatic rings. The third-order valence-electron chi connectivity index (χ3n) is 3.60. The average molecular weight is 327 g/mol. The van der Waals surface area contributed by atoms with Crippen LogP contribution >= 0.6 is 11.6 Å². The monoisotopic (exact) mass is 326 g/mol. The van der Waals surface area contributed by atoms with Gasteiger partial charge in [0.05, 0.1) is 5.02 Å². The first-order valence-electron chi connectivity index (χ1n) is 6.84. The van der Waals surface area contributed by atoms with Crippen LogP contribution < -0.4 is 0 Å². The topological polar surface area (TPSA) is 73.4 Å². The Morgan fingerprint density at radius 3 is 2.73 bits per heavy atom. The van der Waals surface area contributed by atoms with Crippen LogP contribution in [0, 0.1) is 5.82 Å². The van der Waals surface area contributed by atoms with E-state index in [4.69, 9.17) is 16.7 Å². The summed E-state index contributed by atoms with van der Waals surface area (Å²) in [7, 11) is 0. The summed E-state index contributed by atoms with van der Waals surface area (Å²) in [5, 5.41) is 9.47. The average Bonchev–Trinajstić information content (AvgIpc) is 2.80. The van der Waals surface area contributed by atoms with E-state index in [9.17, 15) is 14.0 Å². The molecule has 1 heterocycles. The molecule has 118 valence electrons. The minimum absolute atomic E-state index is 0.0730. The predicted octanol–water partition coefficient (Wildman–Crippen LogP) is 3.29. The summed E-state index contributed by atoms with van der Waals surface area (Å²) in [6.45, 7) is 3.19. The number of nitrogens with one attached hydrogen (secondary N) is 1. The number of hydrogen-bond acceptors (Lipinski definition) is 2. The largest absolute Gasteiger partial charge is 0.480 e. The summed E-state index contributed by atoms with van der Waals surface area (Å²) in [6, 6.07) is 3.71. The number of carbonyl (C=O) groups excluding carboxylic acids is 1. The fourth-order valence-corrected chi connectivity index (χ4v) is 2.50. The molecule has 0 aliphatic heterocycles. The number of carbonyl (C=O) groups is 2. The van der Waals surface area contributed by atoms with Gasteiger partial charge in [0.2, 0.25) is 0 Å². The maximum absolute atomic E-state index is 13.3. The fourth-order valence-electron chi connectivity index (χ4n) is 2.22. The number of H-pyrrole nitrogens is 1. The zero-order chi connectivity index (χ0) is 16.4. The molecule has 1 atom stereocenters. The Kier molecular flexibility index (Phi) is 4.71. The van der Waals surface area contributed by atoms with Crippen LogP contribution in [0.15, 0.2) is 18.2 Å². The van der Waals surface area contributed by atoms with Crippen molar-refractivity contribution in [1.82, 2.24) is 9.88 Å². The molecule has 0 saturated heterocycles. The first kappa shape index (κ1) is 16.3. The zero-order valence-corrected chi connectivity index (χ0v) is 12.9. The summed E-state index contributed by atoms with van der Waals surface area (Å²) >= 11 is 6.16. The maximum Gasteiger partial charge on any atom is 0.323 e. The van der Waals surface area contributed by atoms with Crippen molar-refractivity contribution >= 4 is 34.4 Å². The standard InChI is InChI=1S/C15H16ClFN2O3/c1-3-8(2)19(7-12(20)21)15(22)14-13(16)10-6-9(17)4-5-11(10)18-14/h4-6,8,18H,3,7H2,1-2H3,(H,20,21). The third kappa shape index (κ3) is 3.06. The normalized spacial score (nSPS) is 12.4. The molecule has 7 heteroatoms. The van der Waals surface area contributed by atoms with Crippen LogP contribution in [0.1, 0.15) is 30.8 Å². The number of halogens is 2. The first-order valence-corrected chi connectivity index (χ1v) is 7.22. The number of carboxylic acids is 1. The Hall–Kier alpha value is -2.08. The van der Waals surface area contributed by atoms with E-state index in [0.717, 1.165) is 0 Å². The lowest BCUT2D eigenvalue weighted by molar-refractivity contribution is -0.138. The molecular formula is C15H16ClFN2O3. The van der Waals surface area contributed by atoms with Crippen molar-refractivity contribution in [3.05, 3.63) is 34.7 Å². The summed E-state index contributed by atoms with van der Waals surface area (Å²) in [5.74, 6) is -2.08. The van der Waals surface area contributed by atoms with Crippen LogP contribution in [0.25, 0.3) is 10.9 Å². The number of benzene rings is 1. The predicted molar refractivity (Wildman–Crippen MR) is 81.7 cm³/mol. The Morgan fingerprint density at radius 2 is 2.14 bits per heavy atom. The fraction of sp³-hybridized carbons (Fsp3) is 0.333. The quantitative estimate of drug-likeness (QED) is 0.885. The highest BCUT2D eigenvalue weighted by molar-refractivity contribution is 6.38. The van der Waals surface area contributed by atoms with Crippen molar-refractivity contribution in [2.24, 2.45) is 0 Å². The van der Waals surface area contributed by atoms with Gasteiger partial charge in [-0.15, -0.1) is 0 Å². The number of rotatable bonds is 5. The number of aliphatic carboxylic acids is 1. The van der Waals surface area contributed by atoms with E-state index in [1.54, 1.807) is 6.92 Å². The van der Waals surface area contributed by atoms with Gasteiger partial charge in [-0.25, -0.2) is 4.39 Å². The van der Waals surface area contributed by atoms with Gasteiger partial charge in [-0.3, -0.25) is 9.59 Å². The van der Waals surface area contributed by atoms with Crippen LogP contribution in [0.3, 0.4) is 0 Å². The van der Waals surface area contributed by atoms with Gasteiger partial charge in [0, 0.05) is 16.9 Å². The van der Waals surface area contributed by atoms with E-state index in [0.29, 0.717) is 17.3 Å². The third-order valence-corrected chi connectivity index (χ3v) is 3.99. The molecule has 0 aliphatic rings. The second kappa shape index (κ2) is 6.36. The van der Waals surface area contributed by atoms with Crippen molar-refractivity contribution in [2.45, 2.75) is 26.3 Å². The molecule has 0 spiro atoms. The molecule has 2 N–H and O–H groups in total. The van der Waals surface area contributed by atoms with Crippen molar-refractivity contribution in [3.8, 4) is 0 Å². The summed E-state index contributed by atoms with van der Waals surface area (Å²) < 4.78 is 13.3.